The van der Waals surface area contributed by atoms with Gasteiger partial charge in [-0.15, -0.1) is 0 Å². The molecule has 0 N–H and O–H groups in total. The molecule has 0 heterocycles. The van der Waals surface area contributed by atoms with Gasteiger partial charge in [0.05, 0.1) is 0 Å². The third-order valence-electron chi connectivity index (χ3n) is 1.80. The van der Waals surface area contributed by atoms with Gasteiger partial charge >= 0.3 is 0 Å². The molecule has 2 atom stereocenters. The van der Waals surface area contributed by atoms with Crippen molar-refractivity contribution < 1.29 is 8.78 Å². The second kappa shape index (κ2) is 3.14. The van der Waals surface area contributed by atoms with E-state index in [4.69, 9.17) is 0 Å². The maximum Gasteiger partial charge on any atom is 0.103 e. The highest BCUT2D eigenvalue weighted by Gasteiger charge is 2.18. The molecule has 0 bridgehead atoms. The van der Waals surface area contributed by atoms with E-state index in [0.29, 0.717) is 12.8 Å². The molecule has 0 aliphatic heterocycles. The summed E-state index contributed by atoms with van der Waals surface area (Å²) in [6, 6.07) is 0. The Morgan fingerprint density at radius 1 is 0.889 bits per heavy atom. The van der Waals surface area contributed by atoms with Crippen molar-refractivity contribution in [3.8, 4) is 0 Å². The fourth-order valence-corrected chi connectivity index (χ4v) is 1.24. The first kappa shape index (κ1) is 6.97. The highest BCUT2D eigenvalue weighted by atomic mass is 19.1. The predicted molar refractivity (Wildman–Crippen MR) is 32.9 cm³/mol. The average molecular weight is 134 g/mol. The Kier molecular flexibility index (Phi) is 2.43. The molecule has 0 nitrogen and oxygen atoms in total. The lowest BCUT2D eigenvalue weighted by Gasteiger charge is -2.03. The summed E-state index contributed by atoms with van der Waals surface area (Å²) in [7, 11) is 0. The van der Waals surface area contributed by atoms with Crippen LogP contribution < -0.4 is 0 Å². The Labute approximate surface area is 54.3 Å². The van der Waals surface area contributed by atoms with Crippen molar-refractivity contribution in [3.05, 3.63) is 0 Å². The van der Waals surface area contributed by atoms with Crippen molar-refractivity contribution in [2.75, 3.05) is 0 Å². The Balaban J connectivity index is 2.29. The van der Waals surface area contributed by atoms with Crippen LogP contribution in [0.3, 0.4) is 0 Å². The molecule has 1 aliphatic carbocycles. The van der Waals surface area contributed by atoms with Gasteiger partial charge in [0.2, 0.25) is 0 Å². The van der Waals surface area contributed by atoms with Crippen LogP contribution in [0.2, 0.25) is 0 Å². The molecule has 2 unspecified atom stereocenters. The highest BCUT2D eigenvalue weighted by Crippen LogP contribution is 2.22. The highest BCUT2D eigenvalue weighted by molar-refractivity contribution is 4.69. The number of rotatable bonds is 0. The number of halogens is 2. The summed E-state index contributed by atoms with van der Waals surface area (Å²) < 4.78 is 24.9. The smallest absolute Gasteiger partial charge is 0.103 e. The van der Waals surface area contributed by atoms with E-state index in [9.17, 15) is 8.78 Å². The standard InChI is InChI=1S/C7H12F2/c8-6-3-1-2-4-7(9)5-6/h6-7H,1-5H2. The molecular weight excluding hydrogens is 122 g/mol. The van der Waals surface area contributed by atoms with Crippen molar-refractivity contribution in [2.24, 2.45) is 0 Å². The van der Waals surface area contributed by atoms with Gasteiger partial charge in [-0.3, -0.25) is 0 Å². The van der Waals surface area contributed by atoms with Crippen LogP contribution in [0.25, 0.3) is 0 Å². The molecule has 2 heteroatoms. The van der Waals surface area contributed by atoms with E-state index in [1.165, 1.54) is 0 Å². The first-order valence-corrected chi connectivity index (χ1v) is 3.57. The van der Waals surface area contributed by atoms with Crippen LogP contribution in [0.5, 0.6) is 0 Å². The molecule has 1 fully saturated rings. The quantitative estimate of drug-likeness (QED) is 0.447. The van der Waals surface area contributed by atoms with E-state index in [0.717, 1.165) is 12.8 Å². The fraction of sp³-hybridized carbons (Fsp3) is 1.00. The monoisotopic (exact) mass is 134 g/mol. The summed E-state index contributed by atoms with van der Waals surface area (Å²) in [6.45, 7) is 0. The third kappa shape index (κ3) is 2.29. The SMILES string of the molecule is FC1CCCCC(F)C1. The lowest BCUT2D eigenvalue weighted by molar-refractivity contribution is 0.222. The van der Waals surface area contributed by atoms with E-state index in [-0.39, 0.29) is 6.42 Å². The van der Waals surface area contributed by atoms with E-state index >= 15 is 0 Å². The van der Waals surface area contributed by atoms with E-state index in [1.807, 2.05) is 0 Å². The lowest BCUT2D eigenvalue weighted by atomic mass is 10.2. The van der Waals surface area contributed by atoms with Gasteiger partial charge in [0.15, 0.2) is 0 Å². The van der Waals surface area contributed by atoms with Gasteiger partial charge in [-0.1, -0.05) is 12.8 Å². The van der Waals surface area contributed by atoms with Gasteiger partial charge in [0, 0.05) is 6.42 Å². The predicted octanol–water partition coefficient (Wildman–Crippen LogP) is 2.63. The molecule has 1 saturated carbocycles. The zero-order valence-corrected chi connectivity index (χ0v) is 5.45. The summed E-state index contributed by atoms with van der Waals surface area (Å²) in [6.07, 6.45) is 1.26. The van der Waals surface area contributed by atoms with Crippen molar-refractivity contribution in [2.45, 2.75) is 44.4 Å². The fourth-order valence-electron chi connectivity index (χ4n) is 1.24. The minimum atomic E-state index is -0.873. The minimum Gasteiger partial charge on any atom is -0.247 e. The van der Waals surface area contributed by atoms with Crippen molar-refractivity contribution in [1.29, 1.82) is 0 Å². The molecule has 0 aromatic carbocycles. The van der Waals surface area contributed by atoms with Gasteiger partial charge in [-0.05, 0) is 12.8 Å². The summed E-state index contributed by atoms with van der Waals surface area (Å²) in [4.78, 5) is 0. The molecule has 0 radical (unpaired) electrons. The van der Waals surface area contributed by atoms with Crippen LogP contribution in [0, 0.1) is 0 Å². The maximum atomic E-state index is 12.5. The largest absolute Gasteiger partial charge is 0.247 e. The molecular formula is C7H12F2. The second-order valence-corrected chi connectivity index (χ2v) is 2.71. The first-order chi connectivity index (χ1) is 4.29. The number of alkyl halides is 2. The minimum absolute atomic E-state index is 0.139. The summed E-state index contributed by atoms with van der Waals surface area (Å²) in [5.74, 6) is 0. The zero-order chi connectivity index (χ0) is 6.69. The number of hydrogen-bond donors (Lipinski definition) is 0. The van der Waals surface area contributed by atoms with Crippen LogP contribution in [-0.4, -0.2) is 12.3 Å². The van der Waals surface area contributed by atoms with Gasteiger partial charge in [0.25, 0.3) is 0 Å². The average Bonchev–Trinajstić information content (AvgIpc) is 1.93. The van der Waals surface area contributed by atoms with Crippen LogP contribution in [0.15, 0.2) is 0 Å². The van der Waals surface area contributed by atoms with Crippen molar-refractivity contribution in [3.63, 3.8) is 0 Å². The van der Waals surface area contributed by atoms with Gasteiger partial charge in [-0.2, -0.15) is 0 Å². The Hall–Kier alpha value is -0.140. The molecule has 0 aromatic heterocycles. The molecule has 9 heavy (non-hydrogen) atoms. The molecule has 0 amide bonds. The lowest BCUT2D eigenvalue weighted by Crippen LogP contribution is -2.05. The van der Waals surface area contributed by atoms with E-state index in [2.05, 4.69) is 0 Å². The maximum absolute atomic E-state index is 12.5. The number of hydrogen-bond acceptors (Lipinski definition) is 0. The first-order valence-electron chi connectivity index (χ1n) is 3.57. The summed E-state index contributed by atoms with van der Waals surface area (Å²) in [5.41, 5.74) is 0. The van der Waals surface area contributed by atoms with Gasteiger partial charge in [-0.25, -0.2) is 8.78 Å². The van der Waals surface area contributed by atoms with Gasteiger partial charge < -0.3 is 0 Å². The van der Waals surface area contributed by atoms with Crippen LogP contribution in [-0.2, 0) is 0 Å². The molecule has 1 aliphatic rings. The summed E-state index contributed by atoms with van der Waals surface area (Å²) in [5, 5.41) is 0. The Morgan fingerprint density at radius 2 is 1.33 bits per heavy atom. The van der Waals surface area contributed by atoms with Crippen LogP contribution >= 0.6 is 0 Å². The zero-order valence-electron chi connectivity index (χ0n) is 5.45. The van der Waals surface area contributed by atoms with E-state index < -0.39 is 12.3 Å². The molecule has 0 saturated heterocycles. The molecule has 0 aromatic rings. The topological polar surface area (TPSA) is 0 Å². The van der Waals surface area contributed by atoms with Crippen molar-refractivity contribution in [1.82, 2.24) is 0 Å². The Morgan fingerprint density at radius 3 is 1.78 bits per heavy atom. The van der Waals surface area contributed by atoms with Crippen molar-refractivity contribution >= 4 is 0 Å². The molecule has 1 rings (SSSR count). The Bertz CT molecular complexity index is 73.0. The normalized spacial score (nSPS) is 38.0. The third-order valence-corrected chi connectivity index (χ3v) is 1.80. The van der Waals surface area contributed by atoms with E-state index in [1.54, 1.807) is 0 Å². The second-order valence-electron chi connectivity index (χ2n) is 2.71. The summed E-state index contributed by atoms with van der Waals surface area (Å²) >= 11 is 0. The molecule has 0 spiro atoms. The van der Waals surface area contributed by atoms with Gasteiger partial charge in [0.1, 0.15) is 12.3 Å². The molecule has 54 valence electrons. The van der Waals surface area contributed by atoms with Crippen LogP contribution in [0.1, 0.15) is 32.1 Å². The van der Waals surface area contributed by atoms with Crippen LogP contribution in [0.4, 0.5) is 8.78 Å².